The van der Waals surface area contributed by atoms with Crippen LogP contribution < -0.4 is 4.90 Å². The Balaban J connectivity index is 2.07. The minimum absolute atomic E-state index is 1.15. The number of nitrogens with zero attached hydrogens (tertiary/aromatic N) is 1. The Labute approximate surface area is 86.1 Å². The Morgan fingerprint density at radius 2 is 1.86 bits per heavy atom. The fourth-order valence-electron chi connectivity index (χ4n) is 1.89. The van der Waals surface area contributed by atoms with Gasteiger partial charge in [-0.2, -0.15) is 0 Å². The minimum Gasteiger partial charge on any atom is -0.371 e. The van der Waals surface area contributed by atoms with Gasteiger partial charge in [-0.1, -0.05) is 29.8 Å². The van der Waals surface area contributed by atoms with Gasteiger partial charge >= 0.3 is 0 Å². The molecule has 1 heterocycles. The van der Waals surface area contributed by atoms with Crippen molar-refractivity contribution in [3.63, 3.8) is 0 Å². The van der Waals surface area contributed by atoms with Crippen LogP contribution in [0.5, 0.6) is 0 Å². The highest BCUT2D eigenvalue weighted by Gasteiger charge is 2.07. The zero-order valence-corrected chi connectivity index (χ0v) is 8.74. The summed E-state index contributed by atoms with van der Waals surface area (Å²) in [5, 5.41) is 0. The van der Waals surface area contributed by atoms with E-state index < -0.39 is 0 Å². The van der Waals surface area contributed by atoms with Crippen LogP contribution >= 0.6 is 0 Å². The Kier molecular flexibility index (Phi) is 2.87. The molecule has 0 bridgehead atoms. The highest BCUT2D eigenvalue weighted by Crippen LogP contribution is 2.18. The van der Waals surface area contributed by atoms with E-state index in [-0.39, 0.29) is 0 Å². The molecular formula is C13H17N. The molecule has 1 aromatic rings. The van der Waals surface area contributed by atoms with Crippen molar-refractivity contribution < 1.29 is 0 Å². The summed E-state index contributed by atoms with van der Waals surface area (Å²) >= 11 is 0. The number of benzene rings is 1. The third kappa shape index (κ3) is 2.16. The second kappa shape index (κ2) is 4.32. The number of anilines is 1. The minimum atomic E-state index is 1.15. The lowest BCUT2D eigenvalue weighted by Crippen LogP contribution is -2.23. The van der Waals surface area contributed by atoms with Crippen molar-refractivity contribution in [2.24, 2.45) is 0 Å². The first-order chi connectivity index (χ1) is 6.86. The summed E-state index contributed by atoms with van der Waals surface area (Å²) in [5.74, 6) is 0. The number of para-hydroxylation sites is 1. The van der Waals surface area contributed by atoms with Crippen LogP contribution in [0.25, 0.3) is 0 Å². The lowest BCUT2D eigenvalue weighted by atomic mass is 10.2. The average Bonchev–Trinajstić information content (AvgIpc) is 2.44. The van der Waals surface area contributed by atoms with Gasteiger partial charge in [0.15, 0.2) is 0 Å². The molecule has 0 aromatic heterocycles. The predicted octanol–water partition coefficient (Wildman–Crippen LogP) is 3.23. The molecule has 1 aromatic carbocycles. The van der Waals surface area contributed by atoms with Crippen LogP contribution in [0, 0.1) is 0 Å². The lowest BCUT2D eigenvalue weighted by Gasteiger charge is -2.22. The van der Waals surface area contributed by atoms with Crippen molar-refractivity contribution >= 4 is 5.69 Å². The van der Waals surface area contributed by atoms with Crippen molar-refractivity contribution in [3.8, 4) is 0 Å². The van der Waals surface area contributed by atoms with E-state index >= 15 is 0 Å². The van der Waals surface area contributed by atoms with Gasteiger partial charge in [0, 0.05) is 18.8 Å². The summed E-state index contributed by atoms with van der Waals surface area (Å²) in [5.41, 5.74) is 2.89. The van der Waals surface area contributed by atoms with Gasteiger partial charge in [-0.05, 0) is 31.9 Å². The molecule has 0 unspecified atom stereocenters. The molecule has 0 atom stereocenters. The molecular weight excluding hydrogens is 170 g/mol. The zero-order valence-electron chi connectivity index (χ0n) is 8.74. The lowest BCUT2D eigenvalue weighted by molar-refractivity contribution is 0.804. The molecule has 0 spiro atoms. The van der Waals surface area contributed by atoms with Crippen LogP contribution in [0.15, 0.2) is 42.0 Å². The maximum absolute atomic E-state index is 2.47. The van der Waals surface area contributed by atoms with Gasteiger partial charge in [-0.3, -0.25) is 0 Å². The number of hydrogen-bond acceptors (Lipinski definition) is 1. The van der Waals surface area contributed by atoms with Gasteiger partial charge in [0.05, 0.1) is 0 Å². The summed E-state index contributed by atoms with van der Waals surface area (Å²) < 4.78 is 0. The van der Waals surface area contributed by atoms with E-state index in [0.29, 0.717) is 0 Å². The normalized spacial score (nSPS) is 17.5. The van der Waals surface area contributed by atoms with E-state index in [4.69, 9.17) is 0 Å². The summed E-state index contributed by atoms with van der Waals surface area (Å²) in [6.07, 6.45) is 4.75. The Bertz CT molecular complexity index is 313. The molecule has 74 valence electrons. The van der Waals surface area contributed by atoms with Crippen molar-refractivity contribution in [1.29, 1.82) is 0 Å². The Hall–Kier alpha value is -1.24. The largest absolute Gasteiger partial charge is 0.371 e. The van der Waals surface area contributed by atoms with E-state index in [9.17, 15) is 0 Å². The van der Waals surface area contributed by atoms with Gasteiger partial charge < -0.3 is 4.90 Å². The Morgan fingerprint density at radius 1 is 1.07 bits per heavy atom. The maximum Gasteiger partial charge on any atom is 0.0366 e. The van der Waals surface area contributed by atoms with Crippen molar-refractivity contribution in [2.75, 3.05) is 18.0 Å². The molecule has 1 aliphatic heterocycles. The number of hydrogen-bond donors (Lipinski definition) is 0. The highest BCUT2D eigenvalue weighted by atomic mass is 15.1. The number of rotatable bonds is 1. The first-order valence-corrected chi connectivity index (χ1v) is 5.32. The quantitative estimate of drug-likeness (QED) is 0.610. The van der Waals surface area contributed by atoms with Crippen LogP contribution in [0.4, 0.5) is 5.69 Å². The Morgan fingerprint density at radius 3 is 2.64 bits per heavy atom. The molecule has 0 N–H and O–H groups in total. The van der Waals surface area contributed by atoms with Crippen LogP contribution in [-0.2, 0) is 0 Å². The fraction of sp³-hybridized carbons (Fsp3) is 0.385. The smallest absolute Gasteiger partial charge is 0.0366 e. The SMILES string of the molecule is CC1=CCCN(c2ccccc2)CC1. The van der Waals surface area contributed by atoms with Crippen LogP contribution in [0.2, 0.25) is 0 Å². The molecule has 1 heteroatoms. The van der Waals surface area contributed by atoms with Gasteiger partial charge in [0.1, 0.15) is 0 Å². The maximum atomic E-state index is 2.47. The molecule has 0 saturated heterocycles. The summed E-state index contributed by atoms with van der Waals surface area (Å²) in [7, 11) is 0. The van der Waals surface area contributed by atoms with Crippen molar-refractivity contribution in [1.82, 2.24) is 0 Å². The topological polar surface area (TPSA) is 3.24 Å². The first-order valence-electron chi connectivity index (χ1n) is 5.32. The zero-order chi connectivity index (χ0) is 9.80. The second-order valence-electron chi connectivity index (χ2n) is 3.91. The molecule has 0 radical (unpaired) electrons. The molecule has 14 heavy (non-hydrogen) atoms. The second-order valence-corrected chi connectivity index (χ2v) is 3.91. The average molecular weight is 187 g/mol. The summed E-state index contributed by atoms with van der Waals surface area (Å²) in [6, 6.07) is 10.7. The summed E-state index contributed by atoms with van der Waals surface area (Å²) in [6.45, 7) is 4.54. The summed E-state index contributed by atoms with van der Waals surface area (Å²) in [4.78, 5) is 2.47. The van der Waals surface area contributed by atoms with E-state index in [0.717, 1.165) is 13.1 Å². The standard InChI is InChI=1S/C13H17N/c1-12-6-5-10-14(11-9-12)13-7-3-2-4-8-13/h2-4,6-8H,5,9-11H2,1H3. The molecule has 0 amide bonds. The molecule has 1 aliphatic rings. The van der Waals surface area contributed by atoms with Gasteiger partial charge in [-0.15, -0.1) is 0 Å². The molecule has 0 fully saturated rings. The van der Waals surface area contributed by atoms with Crippen LogP contribution in [0.1, 0.15) is 19.8 Å². The van der Waals surface area contributed by atoms with Gasteiger partial charge in [-0.25, -0.2) is 0 Å². The third-order valence-electron chi connectivity index (χ3n) is 2.79. The third-order valence-corrected chi connectivity index (χ3v) is 2.79. The van der Waals surface area contributed by atoms with E-state index in [1.54, 1.807) is 0 Å². The fourth-order valence-corrected chi connectivity index (χ4v) is 1.89. The van der Waals surface area contributed by atoms with Crippen LogP contribution in [-0.4, -0.2) is 13.1 Å². The van der Waals surface area contributed by atoms with Crippen molar-refractivity contribution in [2.45, 2.75) is 19.8 Å². The van der Waals surface area contributed by atoms with E-state index in [2.05, 4.69) is 48.2 Å². The molecule has 0 saturated carbocycles. The van der Waals surface area contributed by atoms with E-state index in [1.807, 2.05) is 0 Å². The van der Waals surface area contributed by atoms with Gasteiger partial charge in [0.25, 0.3) is 0 Å². The monoisotopic (exact) mass is 187 g/mol. The van der Waals surface area contributed by atoms with E-state index in [1.165, 1.54) is 24.1 Å². The predicted molar refractivity (Wildman–Crippen MR) is 61.6 cm³/mol. The van der Waals surface area contributed by atoms with Gasteiger partial charge in [0.2, 0.25) is 0 Å². The van der Waals surface area contributed by atoms with Crippen molar-refractivity contribution in [3.05, 3.63) is 42.0 Å². The molecule has 0 aliphatic carbocycles. The first kappa shape index (κ1) is 9.32. The molecule has 1 nitrogen and oxygen atoms in total. The highest BCUT2D eigenvalue weighted by molar-refractivity contribution is 5.46. The van der Waals surface area contributed by atoms with Crippen LogP contribution in [0.3, 0.4) is 0 Å². The molecule has 2 rings (SSSR count).